The van der Waals surface area contributed by atoms with Crippen molar-refractivity contribution in [2.24, 2.45) is 0 Å². The van der Waals surface area contributed by atoms with Crippen LogP contribution in [0, 0.1) is 0 Å². The van der Waals surface area contributed by atoms with Crippen LogP contribution in [-0.2, 0) is 0 Å². The molecular formula is C9H12Cl2N2O. The van der Waals surface area contributed by atoms with Gasteiger partial charge < -0.3 is 10.4 Å². The predicted octanol–water partition coefficient (Wildman–Crippen LogP) is 2.57. The van der Waals surface area contributed by atoms with Crippen LogP contribution in [0.15, 0.2) is 12.3 Å². The number of pyridine rings is 1. The molecular weight excluding hydrogens is 223 g/mol. The van der Waals surface area contributed by atoms with Crippen LogP contribution in [0.2, 0.25) is 10.0 Å². The molecule has 1 aromatic heterocycles. The van der Waals surface area contributed by atoms with E-state index in [-0.39, 0.29) is 6.10 Å². The van der Waals surface area contributed by atoms with Crippen LogP contribution >= 0.6 is 23.2 Å². The summed E-state index contributed by atoms with van der Waals surface area (Å²) in [5.41, 5.74) is 0. The second-order valence-corrected chi connectivity index (χ2v) is 3.89. The third-order valence-electron chi connectivity index (χ3n) is 1.66. The summed E-state index contributed by atoms with van der Waals surface area (Å²) in [7, 11) is 0. The summed E-state index contributed by atoms with van der Waals surface area (Å²) in [6.45, 7) is 2.37. The van der Waals surface area contributed by atoms with Gasteiger partial charge in [0.2, 0.25) is 0 Å². The molecule has 0 saturated heterocycles. The average molecular weight is 235 g/mol. The highest BCUT2D eigenvalue weighted by Gasteiger charge is 2.02. The van der Waals surface area contributed by atoms with E-state index < -0.39 is 0 Å². The molecule has 1 atom stereocenters. The van der Waals surface area contributed by atoms with Crippen molar-refractivity contribution in [3.8, 4) is 0 Å². The van der Waals surface area contributed by atoms with Gasteiger partial charge in [0.25, 0.3) is 0 Å². The molecule has 1 heterocycles. The van der Waals surface area contributed by atoms with Crippen LogP contribution in [0.1, 0.15) is 13.3 Å². The van der Waals surface area contributed by atoms with E-state index in [4.69, 9.17) is 28.3 Å². The van der Waals surface area contributed by atoms with Gasteiger partial charge in [0.1, 0.15) is 5.82 Å². The Morgan fingerprint density at radius 2 is 2.29 bits per heavy atom. The zero-order chi connectivity index (χ0) is 10.6. The molecule has 2 N–H and O–H groups in total. The van der Waals surface area contributed by atoms with Gasteiger partial charge in [0.15, 0.2) is 0 Å². The molecule has 78 valence electrons. The first-order valence-corrected chi connectivity index (χ1v) is 5.08. The molecule has 0 fully saturated rings. The fraction of sp³-hybridized carbons (Fsp3) is 0.444. The molecule has 5 heteroatoms. The third kappa shape index (κ3) is 3.70. The number of aliphatic hydroxyl groups excluding tert-OH is 1. The van der Waals surface area contributed by atoms with Crippen molar-refractivity contribution in [3.05, 3.63) is 22.3 Å². The minimum Gasteiger partial charge on any atom is -0.393 e. The number of halogens is 2. The van der Waals surface area contributed by atoms with Gasteiger partial charge in [0.05, 0.1) is 16.1 Å². The smallest absolute Gasteiger partial charge is 0.144 e. The molecule has 0 aliphatic rings. The molecule has 3 nitrogen and oxygen atoms in total. The topological polar surface area (TPSA) is 45.1 Å². The molecule has 0 aromatic carbocycles. The molecule has 0 aliphatic carbocycles. The molecule has 0 aliphatic heterocycles. The number of aromatic nitrogens is 1. The standard InChI is InChI=1S/C9H12Cl2N2O/c1-6(14)2-3-12-9-8(11)4-7(10)5-13-9/h4-6,14H,2-3H2,1H3,(H,12,13). The number of aliphatic hydroxyl groups is 1. The van der Waals surface area contributed by atoms with Gasteiger partial charge in [-0.3, -0.25) is 0 Å². The summed E-state index contributed by atoms with van der Waals surface area (Å²) in [6, 6.07) is 1.63. The lowest BCUT2D eigenvalue weighted by atomic mass is 10.3. The van der Waals surface area contributed by atoms with E-state index >= 15 is 0 Å². The molecule has 0 spiro atoms. The summed E-state index contributed by atoms with van der Waals surface area (Å²) in [6.07, 6.45) is 1.85. The Morgan fingerprint density at radius 1 is 1.57 bits per heavy atom. The van der Waals surface area contributed by atoms with Gasteiger partial charge in [-0.05, 0) is 19.4 Å². The second-order valence-electron chi connectivity index (χ2n) is 3.05. The van der Waals surface area contributed by atoms with Crippen molar-refractivity contribution in [2.75, 3.05) is 11.9 Å². The lowest BCUT2D eigenvalue weighted by Gasteiger charge is -2.08. The van der Waals surface area contributed by atoms with Gasteiger partial charge in [-0.15, -0.1) is 0 Å². The summed E-state index contributed by atoms with van der Waals surface area (Å²) in [5.74, 6) is 0.594. The Labute approximate surface area is 93.1 Å². The molecule has 0 radical (unpaired) electrons. The summed E-state index contributed by atoms with van der Waals surface area (Å²) < 4.78 is 0. The Hall–Kier alpha value is -0.510. The van der Waals surface area contributed by atoms with Gasteiger partial charge in [-0.25, -0.2) is 4.98 Å². The Balaban J connectivity index is 2.51. The van der Waals surface area contributed by atoms with Crippen molar-refractivity contribution in [1.29, 1.82) is 0 Å². The summed E-state index contributed by atoms with van der Waals surface area (Å²) in [5, 5.41) is 13.0. The van der Waals surface area contributed by atoms with E-state index in [1.165, 1.54) is 6.20 Å². The van der Waals surface area contributed by atoms with Gasteiger partial charge >= 0.3 is 0 Å². The number of nitrogens with one attached hydrogen (secondary N) is 1. The Morgan fingerprint density at radius 3 is 2.86 bits per heavy atom. The van der Waals surface area contributed by atoms with Crippen molar-refractivity contribution in [1.82, 2.24) is 4.98 Å². The monoisotopic (exact) mass is 234 g/mol. The number of hydrogen-bond acceptors (Lipinski definition) is 3. The van der Waals surface area contributed by atoms with Crippen LogP contribution in [-0.4, -0.2) is 22.7 Å². The quantitative estimate of drug-likeness (QED) is 0.842. The first-order chi connectivity index (χ1) is 6.59. The first kappa shape index (κ1) is 11.6. The fourth-order valence-electron chi connectivity index (χ4n) is 0.944. The number of rotatable bonds is 4. The van der Waals surface area contributed by atoms with E-state index in [1.54, 1.807) is 13.0 Å². The van der Waals surface area contributed by atoms with Gasteiger partial charge in [0, 0.05) is 12.7 Å². The maximum atomic E-state index is 9.03. The van der Waals surface area contributed by atoms with Crippen LogP contribution in [0.3, 0.4) is 0 Å². The number of hydrogen-bond donors (Lipinski definition) is 2. The van der Waals surface area contributed by atoms with E-state index in [9.17, 15) is 0 Å². The number of nitrogens with zero attached hydrogens (tertiary/aromatic N) is 1. The average Bonchev–Trinajstić information content (AvgIpc) is 2.08. The van der Waals surface area contributed by atoms with E-state index in [0.717, 1.165) is 0 Å². The summed E-state index contributed by atoms with van der Waals surface area (Å²) >= 11 is 11.6. The third-order valence-corrected chi connectivity index (χ3v) is 2.16. The highest BCUT2D eigenvalue weighted by molar-refractivity contribution is 6.35. The van der Waals surface area contributed by atoms with Gasteiger partial charge in [-0.2, -0.15) is 0 Å². The largest absolute Gasteiger partial charge is 0.393 e. The highest BCUT2D eigenvalue weighted by Crippen LogP contribution is 2.22. The highest BCUT2D eigenvalue weighted by atomic mass is 35.5. The van der Waals surface area contributed by atoms with Crippen molar-refractivity contribution in [2.45, 2.75) is 19.4 Å². The lowest BCUT2D eigenvalue weighted by Crippen LogP contribution is -2.10. The zero-order valence-corrected chi connectivity index (χ0v) is 9.31. The summed E-state index contributed by atoms with van der Waals surface area (Å²) in [4.78, 5) is 4.02. The molecule has 0 amide bonds. The maximum absolute atomic E-state index is 9.03. The molecule has 1 rings (SSSR count). The molecule has 0 saturated carbocycles. The first-order valence-electron chi connectivity index (χ1n) is 4.32. The van der Waals surface area contributed by atoms with E-state index in [1.807, 2.05) is 0 Å². The molecule has 1 unspecified atom stereocenters. The zero-order valence-electron chi connectivity index (χ0n) is 7.80. The number of anilines is 1. The minimum absolute atomic E-state index is 0.325. The Kier molecular flexibility index (Phi) is 4.45. The molecule has 0 bridgehead atoms. The normalized spacial score (nSPS) is 12.6. The van der Waals surface area contributed by atoms with E-state index in [2.05, 4.69) is 10.3 Å². The molecule has 1 aromatic rings. The van der Waals surface area contributed by atoms with Crippen LogP contribution in [0.5, 0.6) is 0 Å². The molecule has 14 heavy (non-hydrogen) atoms. The van der Waals surface area contributed by atoms with Crippen molar-refractivity contribution < 1.29 is 5.11 Å². The van der Waals surface area contributed by atoms with E-state index in [0.29, 0.717) is 28.8 Å². The van der Waals surface area contributed by atoms with Crippen LogP contribution in [0.4, 0.5) is 5.82 Å². The Bertz CT molecular complexity index is 305. The lowest BCUT2D eigenvalue weighted by molar-refractivity contribution is 0.188. The minimum atomic E-state index is -0.325. The van der Waals surface area contributed by atoms with Crippen LogP contribution < -0.4 is 5.32 Å². The van der Waals surface area contributed by atoms with Crippen molar-refractivity contribution >= 4 is 29.0 Å². The predicted molar refractivity (Wildman–Crippen MR) is 59.0 cm³/mol. The van der Waals surface area contributed by atoms with Gasteiger partial charge in [-0.1, -0.05) is 23.2 Å². The SMILES string of the molecule is CC(O)CCNc1ncc(Cl)cc1Cl. The second kappa shape index (κ2) is 5.39. The fourth-order valence-corrected chi connectivity index (χ4v) is 1.39. The maximum Gasteiger partial charge on any atom is 0.144 e. The van der Waals surface area contributed by atoms with Crippen molar-refractivity contribution in [3.63, 3.8) is 0 Å². The van der Waals surface area contributed by atoms with Crippen LogP contribution in [0.25, 0.3) is 0 Å².